The SMILES string of the molecule is O=c1ccnc(Sc2ccc([N+](=O)[O-])c3nonc23)[nH]1. The summed E-state index contributed by atoms with van der Waals surface area (Å²) in [4.78, 5) is 28.5. The Morgan fingerprint density at radius 2 is 2.05 bits per heavy atom. The van der Waals surface area contributed by atoms with Gasteiger partial charge >= 0.3 is 5.69 Å². The minimum Gasteiger partial charge on any atom is -0.301 e. The zero-order valence-corrected chi connectivity index (χ0v) is 10.5. The molecule has 0 bridgehead atoms. The van der Waals surface area contributed by atoms with Crippen LogP contribution in [0.25, 0.3) is 11.0 Å². The highest BCUT2D eigenvalue weighted by molar-refractivity contribution is 7.99. The van der Waals surface area contributed by atoms with Gasteiger partial charge in [-0.15, -0.1) is 0 Å². The van der Waals surface area contributed by atoms with Gasteiger partial charge in [-0.1, -0.05) is 0 Å². The van der Waals surface area contributed by atoms with Crippen molar-refractivity contribution in [3.8, 4) is 0 Å². The van der Waals surface area contributed by atoms with E-state index in [0.717, 1.165) is 11.8 Å². The summed E-state index contributed by atoms with van der Waals surface area (Å²) in [5.41, 5.74) is -0.187. The molecule has 0 saturated carbocycles. The molecule has 3 aromatic rings. The molecule has 10 heteroatoms. The van der Waals surface area contributed by atoms with E-state index in [1.165, 1.54) is 24.4 Å². The van der Waals surface area contributed by atoms with Crippen LogP contribution in [-0.2, 0) is 0 Å². The van der Waals surface area contributed by atoms with Crippen LogP contribution >= 0.6 is 11.8 Å². The summed E-state index contributed by atoms with van der Waals surface area (Å²) < 4.78 is 4.55. The summed E-state index contributed by atoms with van der Waals surface area (Å²) in [5.74, 6) is 0. The Bertz CT molecular complexity index is 858. The largest absolute Gasteiger partial charge is 0.301 e. The normalized spacial score (nSPS) is 10.8. The molecule has 0 spiro atoms. The van der Waals surface area contributed by atoms with Crippen molar-refractivity contribution in [3.63, 3.8) is 0 Å². The maximum Gasteiger partial charge on any atom is 0.300 e. The number of aromatic nitrogens is 4. The molecule has 0 fully saturated rings. The number of rotatable bonds is 3. The van der Waals surface area contributed by atoms with Gasteiger partial charge in [-0.25, -0.2) is 9.61 Å². The molecule has 0 aliphatic carbocycles. The number of hydrogen-bond donors (Lipinski definition) is 1. The Labute approximate surface area is 114 Å². The van der Waals surface area contributed by atoms with Crippen molar-refractivity contribution < 1.29 is 9.55 Å². The number of nitrogens with zero attached hydrogens (tertiary/aromatic N) is 4. The second kappa shape index (κ2) is 4.74. The lowest BCUT2D eigenvalue weighted by Crippen LogP contribution is -2.05. The molecule has 9 nitrogen and oxygen atoms in total. The summed E-state index contributed by atoms with van der Waals surface area (Å²) in [7, 11) is 0. The molecule has 0 aliphatic rings. The summed E-state index contributed by atoms with van der Waals surface area (Å²) >= 11 is 1.10. The number of H-pyrrole nitrogens is 1. The van der Waals surface area contributed by atoms with E-state index in [9.17, 15) is 14.9 Å². The van der Waals surface area contributed by atoms with Gasteiger partial charge < -0.3 is 4.98 Å². The monoisotopic (exact) mass is 291 g/mol. The zero-order chi connectivity index (χ0) is 14.1. The van der Waals surface area contributed by atoms with Crippen LogP contribution in [0.3, 0.4) is 0 Å². The lowest BCUT2D eigenvalue weighted by Gasteiger charge is -2.00. The average Bonchev–Trinajstić information content (AvgIpc) is 2.88. The fraction of sp³-hybridized carbons (Fsp3) is 0. The molecule has 0 atom stereocenters. The van der Waals surface area contributed by atoms with Crippen LogP contribution in [-0.4, -0.2) is 25.2 Å². The minimum atomic E-state index is -0.566. The average molecular weight is 291 g/mol. The highest BCUT2D eigenvalue weighted by Crippen LogP contribution is 2.33. The molecular weight excluding hydrogens is 286 g/mol. The number of fused-ring (bicyclic) bond motifs is 1. The predicted molar refractivity (Wildman–Crippen MR) is 67.4 cm³/mol. The van der Waals surface area contributed by atoms with Crippen LogP contribution in [0.1, 0.15) is 0 Å². The van der Waals surface area contributed by atoms with Gasteiger partial charge in [0.25, 0.3) is 5.56 Å². The molecule has 1 N–H and O–H groups in total. The molecule has 0 radical (unpaired) electrons. The first-order valence-electron chi connectivity index (χ1n) is 5.28. The second-order valence-electron chi connectivity index (χ2n) is 3.64. The van der Waals surface area contributed by atoms with E-state index in [4.69, 9.17) is 0 Å². The highest BCUT2D eigenvalue weighted by Gasteiger charge is 2.20. The molecule has 2 heterocycles. The zero-order valence-electron chi connectivity index (χ0n) is 9.64. The predicted octanol–water partition coefficient (Wildman–Crippen LogP) is 1.37. The first-order valence-corrected chi connectivity index (χ1v) is 6.09. The number of nitro groups is 1. The topological polar surface area (TPSA) is 128 Å². The summed E-state index contributed by atoms with van der Waals surface area (Å²) in [6, 6.07) is 4.09. The summed E-state index contributed by atoms with van der Waals surface area (Å²) in [6.45, 7) is 0. The number of non-ortho nitro benzene ring substituents is 1. The van der Waals surface area contributed by atoms with Gasteiger partial charge in [0.2, 0.25) is 5.52 Å². The number of aromatic amines is 1. The van der Waals surface area contributed by atoms with E-state index >= 15 is 0 Å². The van der Waals surface area contributed by atoms with E-state index < -0.39 is 4.92 Å². The first-order chi connectivity index (χ1) is 9.65. The van der Waals surface area contributed by atoms with Crippen LogP contribution in [0, 0.1) is 10.1 Å². The van der Waals surface area contributed by atoms with E-state index in [1.54, 1.807) is 0 Å². The standard InChI is InChI=1S/C10H5N5O4S/c16-7-3-4-11-10(12-7)20-6-2-1-5(15(17)18)8-9(6)14-19-13-8/h1-4H,(H,11,12,16). The maximum absolute atomic E-state index is 11.2. The summed E-state index contributed by atoms with van der Waals surface area (Å²) in [5, 5.41) is 18.4. The van der Waals surface area contributed by atoms with Crippen molar-refractivity contribution in [1.29, 1.82) is 0 Å². The quantitative estimate of drug-likeness (QED) is 0.435. The Morgan fingerprint density at radius 1 is 1.25 bits per heavy atom. The molecule has 20 heavy (non-hydrogen) atoms. The van der Waals surface area contributed by atoms with Crippen LogP contribution in [0.15, 0.2) is 43.9 Å². The van der Waals surface area contributed by atoms with Gasteiger partial charge in [0, 0.05) is 23.2 Å². The van der Waals surface area contributed by atoms with Gasteiger partial charge in [0.05, 0.1) is 4.92 Å². The maximum atomic E-state index is 11.2. The smallest absolute Gasteiger partial charge is 0.300 e. The second-order valence-corrected chi connectivity index (χ2v) is 4.67. The van der Waals surface area contributed by atoms with Gasteiger partial charge in [-0.3, -0.25) is 14.9 Å². The molecule has 0 amide bonds. The van der Waals surface area contributed by atoms with Crippen molar-refractivity contribution in [2.75, 3.05) is 0 Å². The van der Waals surface area contributed by atoms with Crippen LogP contribution < -0.4 is 5.56 Å². The van der Waals surface area contributed by atoms with E-state index in [-0.39, 0.29) is 22.3 Å². The highest BCUT2D eigenvalue weighted by atomic mass is 32.2. The van der Waals surface area contributed by atoms with Crippen molar-refractivity contribution in [2.24, 2.45) is 0 Å². The Kier molecular flexibility index (Phi) is 2.91. The van der Waals surface area contributed by atoms with Crippen molar-refractivity contribution in [2.45, 2.75) is 10.1 Å². The molecule has 0 unspecified atom stereocenters. The molecule has 0 aliphatic heterocycles. The Balaban J connectivity index is 2.09. The number of benzene rings is 1. The van der Waals surface area contributed by atoms with Gasteiger partial charge in [-0.2, -0.15) is 0 Å². The lowest BCUT2D eigenvalue weighted by molar-refractivity contribution is -0.383. The third-order valence-electron chi connectivity index (χ3n) is 2.41. The number of hydrogen-bond acceptors (Lipinski definition) is 8. The molecule has 3 rings (SSSR count). The third kappa shape index (κ3) is 2.12. The fourth-order valence-electron chi connectivity index (χ4n) is 1.57. The lowest BCUT2D eigenvalue weighted by atomic mass is 10.3. The Morgan fingerprint density at radius 3 is 2.80 bits per heavy atom. The summed E-state index contributed by atoms with van der Waals surface area (Å²) in [6.07, 6.45) is 1.37. The van der Waals surface area contributed by atoms with Crippen LogP contribution in [0.5, 0.6) is 0 Å². The Hall–Kier alpha value is -2.75. The molecule has 100 valence electrons. The minimum absolute atomic E-state index is 0.0540. The third-order valence-corrected chi connectivity index (χ3v) is 3.36. The fourth-order valence-corrected chi connectivity index (χ4v) is 2.41. The molecule has 2 aromatic heterocycles. The van der Waals surface area contributed by atoms with Crippen LogP contribution in [0.2, 0.25) is 0 Å². The molecular formula is C10H5N5O4S. The molecule has 1 aromatic carbocycles. The van der Waals surface area contributed by atoms with Gasteiger partial charge in [-0.05, 0) is 28.1 Å². The first kappa shape index (κ1) is 12.3. The van der Waals surface area contributed by atoms with E-state index in [2.05, 4.69) is 24.9 Å². The van der Waals surface area contributed by atoms with Crippen LogP contribution in [0.4, 0.5) is 5.69 Å². The van der Waals surface area contributed by atoms with Gasteiger partial charge in [0.15, 0.2) is 10.7 Å². The van der Waals surface area contributed by atoms with Gasteiger partial charge in [0.1, 0.15) is 0 Å². The van der Waals surface area contributed by atoms with E-state index in [0.29, 0.717) is 10.1 Å². The van der Waals surface area contributed by atoms with Crippen molar-refractivity contribution in [3.05, 3.63) is 44.9 Å². The molecule has 0 saturated heterocycles. The number of nitrogens with one attached hydrogen (secondary N) is 1. The number of nitro benzene ring substituents is 1. The van der Waals surface area contributed by atoms with Crippen molar-refractivity contribution in [1.82, 2.24) is 20.3 Å². The van der Waals surface area contributed by atoms with Crippen molar-refractivity contribution >= 4 is 28.5 Å². The van der Waals surface area contributed by atoms with E-state index in [1.807, 2.05) is 0 Å².